The predicted molar refractivity (Wildman–Crippen MR) is 36.4 cm³/mol. The van der Waals surface area contributed by atoms with E-state index in [1.165, 1.54) is 0 Å². The predicted octanol–water partition coefficient (Wildman–Crippen LogP) is 0.477. The number of fused-ring (bicyclic) bond motifs is 1. The molecule has 0 amide bonds. The van der Waals surface area contributed by atoms with Crippen molar-refractivity contribution < 1.29 is 4.94 Å². The van der Waals surface area contributed by atoms with Crippen LogP contribution >= 0.6 is 0 Å². The molecule has 0 spiro atoms. The van der Waals surface area contributed by atoms with E-state index < -0.39 is 0 Å². The van der Waals surface area contributed by atoms with Gasteiger partial charge in [0.25, 0.3) is 0 Å². The normalized spacial score (nSPS) is 21.5. The second-order valence-electron chi connectivity index (χ2n) is 2.06. The van der Waals surface area contributed by atoms with E-state index in [0.717, 1.165) is 5.82 Å². The molecule has 2 rings (SSSR count). The Morgan fingerprint density at radius 1 is 1.60 bits per heavy atom. The first kappa shape index (κ1) is 5.49. The molecule has 0 N–H and O–H groups in total. The van der Waals surface area contributed by atoms with E-state index in [-0.39, 0.29) is 0 Å². The lowest BCUT2D eigenvalue weighted by atomic mass is 10.5. The molecule has 0 atom stereocenters. The molecule has 10 heavy (non-hydrogen) atoms. The van der Waals surface area contributed by atoms with Crippen LogP contribution in [0.1, 0.15) is 0 Å². The monoisotopic (exact) mass is 137 g/mol. The third kappa shape index (κ3) is 0.698. The molecular weight excluding hydrogens is 130 g/mol. The number of rotatable bonds is 0. The van der Waals surface area contributed by atoms with Crippen LogP contribution in [0.4, 0.5) is 0 Å². The fraction of sp³-hybridized carbons (Fsp3) is 0.167. The molecule has 2 aliphatic rings. The van der Waals surface area contributed by atoms with Gasteiger partial charge in [0.05, 0.1) is 6.20 Å². The maximum atomic E-state index is 5.14. The Labute approximate surface area is 58.6 Å². The lowest BCUT2D eigenvalue weighted by molar-refractivity contribution is -0.227. The van der Waals surface area contributed by atoms with Crippen LogP contribution in [0.25, 0.3) is 0 Å². The average molecular weight is 137 g/mol. The summed E-state index contributed by atoms with van der Waals surface area (Å²) in [5, 5.41) is 3.20. The van der Waals surface area contributed by atoms with E-state index in [1.807, 2.05) is 19.3 Å². The van der Waals surface area contributed by atoms with E-state index in [9.17, 15) is 0 Å². The van der Waals surface area contributed by atoms with Gasteiger partial charge in [-0.05, 0) is 6.08 Å². The molecule has 0 saturated carbocycles. The SMILES string of the molecule is CN1C=C2N=CC=CN2O1. The summed E-state index contributed by atoms with van der Waals surface area (Å²) < 4.78 is 0. The first-order valence-corrected chi connectivity index (χ1v) is 2.99. The zero-order chi connectivity index (χ0) is 6.97. The molecule has 4 heteroatoms. The highest BCUT2D eigenvalue weighted by Gasteiger charge is 2.17. The highest BCUT2D eigenvalue weighted by molar-refractivity contribution is 5.73. The lowest BCUT2D eigenvalue weighted by Gasteiger charge is -2.14. The van der Waals surface area contributed by atoms with Crippen molar-refractivity contribution in [3.05, 3.63) is 24.3 Å². The van der Waals surface area contributed by atoms with Gasteiger partial charge in [0, 0.05) is 19.5 Å². The van der Waals surface area contributed by atoms with Crippen molar-refractivity contribution in [3.63, 3.8) is 0 Å². The second-order valence-corrected chi connectivity index (χ2v) is 2.06. The zero-order valence-corrected chi connectivity index (χ0v) is 5.56. The molecule has 2 heterocycles. The summed E-state index contributed by atoms with van der Waals surface area (Å²) in [5.41, 5.74) is 0. The van der Waals surface area contributed by atoms with Crippen molar-refractivity contribution in [1.82, 2.24) is 10.1 Å². The summed E-state index contributed by atoms with van der Waals surface area (Å²) in [6, 6.07) is 0. The topological polar surface area (TPSA) is 28.1 Å². The lowest BCUT2D eigenvalue weighted by Crippen LogP contribution is -2.17. The summed E-state index contributed by atoms with van der Waals surface area (Å²) in [4.78, 5) is 9.19. The van der Waals surface area contributed by atoms with E-state index >= 15 is 0 Å². The third-order valence-electron chi connectivity index (χ3n) is 1.25. The number of allylic oxidation sites excluding steroid dienone is 1. The Morgan fingerprint density at radius 2 is 2.50 bits per heavy atom. The average Bonchev–Trinajstić information content (AvgIpc) is 2.27. The molecule has 0 fully saturated rings. The molecular formula is C6H7N3O. The van der Waals surface area contributed by atoms with Crippen molar-refractivity contribution in [2.24, 2.45) is 4.99 Å². The van der Waals surface area contributed by atoms with Gasteiger partial charge in [0.1, 0.15) is 0 Å². The first-order chi connectivity index (χ1) is 4.86. The quantitative estimate of drug-likeness (QED) is 0.486. The van der Waals surface area contributed by atoms with Crippen molar-refractivity contribution in [2.75, 3.05) is 7.05 Å². The van der Waals surface area contributed by atoms with Gasteiger partial charge < -0.3 is 0 Å². The molecule has 0 saturated heterocycles. The molecule has 0 aromatic carbocycles. The summed E-state index contributed by atoms with van der Waals surface area (Å²) in [6.07, 6.45) is 7.16. The van der Waals surface area contributed by atoms with Gasteiger partial charge in [-0.1, -0.05) is 0 Å². The Morgan fingerprint density at radius 3 is 3.30 bits per heavy atom. The van der Waals surface area contributed by atoms with Crippen LogP contribution in [-0.4, -0.2) is 23.4 Å². The summed E-state index contributed by atoms with van der Waals surface area (Å²) in [7, 11) is 1.81. The van der Waals surface area contributed by atoms with E-state index in [4.69, 9.17) is 4.94 Å². The van der Waals surface area contributed by atoms with Crippen LogP contribution in [0.5, 0.6) is 0 Å². The summed E-state index contributed by atoms with van der Waals surface area (Å²) in [5.74, 6) is 0.810. The van der Waals surface area contributed by atoms with E-state index in [0.29, 0.717) is 0 Å². The zero-order valence-electron chi connectivity index (χ0n) is 5.56. The Kier molecular flexibility index (Phi) is 1.01. The highest BCUT2D eigenvalue weighted by atomic mass is 16.8. The van der Waals surface area contributed by atoms with Crippen molar-refractivity contribution in [2.45, 2.75) is 0 Å². The van der Waals surface area contributed by atoms with Crippen molar-refractivity contribution >= 4 is 6.21 Å². The Balaban J connectivity index is 2.29. The van der Waals surface area contributed by atoms with Crippen LogP contribution < -0.4 is 0 Å². The van der Waals surface area contributed by atoms with Crippen LogP contribution in [0.2, 0.25) is 0 Å². The molecule has 4 nitrogen and oxygen atoms in total. The van der Waals surface area contributed by atoms with Crippen LogP contribution in [0.3, 0.4) is 0 Å². The fourth-order valence-electron chi connectivity index (χ4n) is 0.854. The van der Waals surface area contributed by atoms with Crippen molar-refractivity contribution in [1.29, 1.82) is 0 Å². The standard InChI is InChI=1S/C6H7N3O/c1-8-5-6-7-3-2-4-9(6)10-8/h2-5H,1H3. The number of hydrogen-bond acceptors (Lipinski definition) is 4. The van der Waals surface area contributed by atoms with Gasteiger partial charge in [0.15, 0.2) is 5.82 Å². The maximum Gasteiger partial charge on any atom is 0.178 e. The smallest absolute Gasteiger partial charge is 0.178 e. The summed E-state index contributed by atoms with van der Waals surface area (Å²) >= 11 is 0. The number of aliphatic imine (C=N–C) groups is 1. The Hall–Kier alpha value is -1.29. The maximum absolute atomic E-state index is 5.14. The molecule has 0 aromatic rings. The fourth-order valence-corrected chi connectivity index (χ4v) is 0.854. The van der Waals surface area contributed by atoms with Gasteiger partial charge in [-0.25, -0.2) is 10.1 Å². The number of hydrogen-bond donors (Lipinski definition) is 0. The minimum Gasteiger partial charge on any atom is -0.235 e. The van der Waals surface area contributed by atoms with Crippen molar-refractivity contribution in [3.8, 4) is 0 Å². The van der Waals surface area contributed by atoms with Gasteiger partial charge in [0.2, 0.25) is 0 Å². The van der Waals surface area contributed by atoms with E-state index in [2.05, 4.69) is 4.99 Å². The van der Waals surface area contributed by atoms with Crippen LogP contribution in [0, 0.1) is 0 Å². The molecule has 0 radical (unpaired) electrons. The molecule has 0 unspecified atom stereocenters. The second kappa shape index (κ2) is 1.85. The number of nitrogens with zero attached hydrogens (tertiary/aromatic N) is 3. The van der Waals surface area contributed by atoms with Gasteiger partial charge >= 0.3 is 0 Å². The third-order valence-corrected chi connectivity index (χ3v) is 1.25. The summed E-state index contributed by atoms with van der Waals surface area (Å²) in [6.45, 7) is 0. The minimum atomic E-state index is 0.810. The van der Waals surface area contributed by atoms with Gasteiger partial charge in [-0.3, -0.25) is 0 Å². The first-order valence-electron chi connectivity index (χ1n) is 2.99. The van der Waals surface area contributed by atoms with Crippen LogP contribution in [-0.2, 0) is 4.94 Å². The van der Waals surface area contributed by atoms with Crippen LogP contribution in [0.15, 0.2) is 29.3 Å². The minimum absolute atomic E-state index is 0.810. The Bertz CT molecular complexity index is 231. The highest BCUT2D eigenvalue weighted by Crippen LogP contribution is 2.18. The molecule has 0 bridgehead atoms. The number of hydroxylamine groups is 4. The largest absolute Gasteiger partial charge is 0.235 e. The van der Waals surface area contributed by atoms with Gasteiger partial charge in [-0.15, -0.1) is 4.94 Å². The molecule has 0 aromatic heterocycles. The molecule has 0 aliphatic carbocycles. The van der Waals surface area contributed by atoms with Gasteiger partial charge in [-0.2, -0.15) is 5.06 Å². The molecule has 2 aliphatic heterocycles. The van der Waals surface area contributed by atoms with E-state index in [1.54, 1.807) is 22.5 Å². The molecule has 52 valence electrons.